The van der Waals surface area contributed by atoms with Gasteiger partial charge in [0.25, 0.3) is 0 Å². The summed E-state index contributed by atoms with van der Waals surface area (Å²) in [5, 5.41) is 8.02. The van der Waals surface area contributed by atoms with Crippen molar-refractivity contribution < 1.29 is 9.18 Å². The summed E-state index contributed by atoms with van der Waals surface area (Å²) in [7, 11) is 0. The summed E-state index contributed by atoms with van der Waals surface area (Å²) in [5.74, 6) is 0.390. The van der Waals surface area contributed by atoms with E-state index in [1.807, 2.05) is 48.5 Å². The topological polar surface area (TPSA) is 46.9 Å². The van der Waals surface area contributed by atoms with E-state index in [0.717, 1.165) is 22.6 Å². The third-order valence-corrected chi connectivity index (χ3v) is 5.51. The van der Waals surface area contributed by atoms with Crippen LogP contribution in [0.2, 0.25) is 0 Å². The molecule has 0 fully saturated rings. The third-order valence-electron chi connectivity index (χ3n) is 5.51. The molecule has 4 nitrogen and oxygen atoms in total. The highest BCUT2D eigenvalue weighted by atomic mass is 19.1. The van der Waals surface area contributed by atoms with E-state index in [1.165, 1.54) is 12.1 Å². The Hall–Kier alpha value is -3.73. The Labute approximate surface area is 174 Å². The van der Waals surface area contributed by atoms with Crippen LogP contribution in [0, 0.1) is 5.82 Å². The minimum atomic E-state index is -0.305. The molecule has 1 atom stereocenters. The van der Waals surface area contributed by atoms with Gasteiger partial charge >= 0.3 is 0 Å². The van der Waals surface area contributed by atoms with Gasteiger partial charge in [0, 0.05) is 12.1 Å². The van der Waals surface area contributed by atoms with E-state index in [0.29, 0.717) is 24.2 Å². The number of aromatic nitrogens is 2. The van der Waals surface area contributed by atoms with Crippen LogP contribution in [-0.4, -0.2) is 15.6 Å². The maximum Gasteiger partial charge on any atom is 0.169 e. The van der Waals surface area contributed by atoms with Crippen LogP contribution in [0.15, 0.2) is 84.9 Å². The highest BCUT2D eigenvalue weighted by Crippen LogP contribution is 2.37. The number of para-hydroxylation sites is 1. The molecule has 1 aliphatic carbocycles. The maximum absolute atomic E-state index is 13.5. The van der Waals surface area contributed by atoms with Gasteiger partial charge in [0.2, 0.25) is 0 Å². The molecule has 4 aromatic rings. The van der Waals surface area contributed by atoms with Crippen LogP contribution in [0.5, 0.6) is 0 Å². The van der Waals surface area contributed by atoms with Crippen LogP contribution < -0.4 is 5.32 Å². The lowest BCUT2D eigenvalue weighted by Crippen LogP contribution is -2.20. The van der Waals surface area contributed by atoms with Crippen molar-refractivity contribution >= 4 is 17.3 Å². The van der Waals surface area contributed by atoms with Crippen molar-refractivity contribution in [2.45, 2.75) is 18.8 Å². The number of carbonyl (C=O) groups excluding carboxylic acids is 1. The van der Waals surface area contributed by atoms with Crippen molar-refractivity contribution in [2.75, 3.05) is 5.32 Å². The molecule has 0 saturated heterocycles. The normalized spacial score (nSPS) is 15.6. The summed E-state index contributed by atoms with van der Waals surface area (Å²) < 4.78 is 15.3. The second kappa shape index (κ2) is 7.59. The molecule has 1 heterocycles. The van der Waals surface area contributed by atoms with E-state index in [4.69, 9.17) is 5.10 Å². The van der Waals surface area contributed by atoms with Crippen LogP contribution >= 0.6 is 0 Å². The summed E-state index contributed by atoms with van der Waals surface area (Å²) in [4.78, 5) is 13.2. The second-order valence-corrected chi connectivity index (χ2v) is 7.49. The minimum absolute atomic E-state index is 0.0666. The molecule has 0 saturated carbocycles. The van der Waals surface area contributed by atoms with Gasteiger partial charge in [0.05, 0.1) is 16.9 Å². The highest BCUT2D eigenvalue weighted by molar-refractivity contribution is 6.03. The fourth-order valence-electron chi connectivity index (χ4n) is 4.07. The van der Waals surface area contributed by atoms with Gasteiger partial charge in [-0.15, -0.1) is 5.10 Å². The monoisotopic (exact) mass is 397 g/mol. The lowest BCUT2D eigenvalue weighted by Gasteiger charge is -2.23. The third kappa shape index (κ3) is 3.39. The number of nitrogens with one attached hydrogen (secondary N) is 1. The number of hydrogen-bond donors (Lipinski definition) is 1. The van der Waals surface area contributed by atoms with Gasteiger partial charge in [-0.25, -0.2) is 9.07 Å². The van der Waals surface area contributed by atoms with Crippen molar-refractivity contribution in [2.24, 2.45) is 0 Å². The van der Waals surface area contributed by atoms with Gasteiger partial charge in [0.1, 0.15) is 5.82 Å². The van der Waals surface area contributed by atoms with Crippen LogP contribution in [-0.2, 0) is 6.42 Å². The number of Topliss-reactive ketones (excluding diaryl/α,β-unsaturated/α-hetero) is 1. The van der Waals surface area contributed by atoms with Crippen LogP contribution in [0.25, 0.3) is 5.69 Å². The van der Waals surface area contributed by atoms with Crippen molar-refractivity contribution in [3.05, 3.63) is 108 Å². The predicted molar refractivity (Wildman–Crippen MR) is 115 cm³/mol. The van der Waals surface area contributed by atoms with Crippen molar-refractivity contribution in [3.8, 4) is 5.69 Å². The first-order valence-corrected chi connectivity index (χ1v) is 9.97. The molecule has 0 spiro atoms. The molecular formula is C25H20FN3O. The van der Waals surface area contributed by atoms with E-state index in [-0.39, 0.29) is 17.5 Å². The van der Waals surface area contributed by atoms with Crippen LogP contribution in [0.1, 0.15) is 34.0 Å². The lowest BCUT2D eigenvalue weighted by atomic mass is 9.82. The summed E-state index contributed by atoms with van der Waals surface area (Å²) >= 11 is 0. The summed E-state index contributed by atoms with van der Waals surface area (Å²) in [5.41, 5.74) is 4.21. The van der Waals surface area contributed by atoms with Gasteiger partial charge < -0.3 is 5.32 Å². The van der Waals surface area contributed by atoms with Gasteiger partial charge in [-0.1, -0.05) is 48.5 Å². The Kier molecular flexibility index (Phi) is 4.64. The van der Waals surface area contributed by atoms with Gasteiger partial charge in [-0.05, 0) is 54.3 Å². The average Bonchev–Trinajstić information content (AvgIpc) is 3.14. The molecule has 1 aromatic heterocycles. The summed E-state index contributed by atoms with van der Waals surface area (Å²) in [6.45, 7) is 0. The Morgan fingerprint density at radius 1 is 0.867 bits per heavy atom. The summed E-state index contributed by atoms with van der Waals surface area (Å²) in [6.07, 6.45) is 1.13. The predicted octanol–water partition coefficient (Wildman–Crippen LogP) is 5.67. The van der Waals surface area contributed by atoms with Crippen molar-refractivity contribution in [1.82, 2.24) is 9.78 Å². The number of rotatable bonds is 4. The zero-order valence-electron chi connectivity index (χ0n) is 16.3. The molecule has 5 heteroatoms. The zero-order chi connectivity index (χ0) is 20.5. The zero-order valence-corrected chi connectivity index (χ0v) is 16.3. The van der Waals surface area contributed by atoms with E-state index >= 15 is 0 Å². The van der Waals surface area contributed by atoms with Gasteiger partial charge in [-0.2, -0.15) is 0 Å². The molecule has 1 N–H and O–H groups in total. The van der Waals surface area contributed by atoms with Crippen LogP contribution in [0.3, 0.4) is 0 Å². The number of nitrogens with zero attached hydrogens (tertiary/aromatic N) is 2. The Morgan fingerprint density at radius 3 is 2.23 bits per heavy atom. The van der Waals surface area contributed by atoms with E-state index in [1.54, 1.807) is 16.8 Å². The molecule has 5 rings (SSSR count). The highest BCUT2D eigenvalue weighted by Gasteiger charge is 2.33. The fraction of sp³-hybridized carbons (Fsp3) is 0.120. The molecule has 0 radical (unpaired) electrons. The molecule has 0 amide bonds. The van der Waals surface area contributed by atoms with Gasteiger partial charge in [0.15, 0.2) is 11.6 Å². The Bertz CT molecular complexity index is 1180. The fourth-order valence-corrected chi connectivity index (χ4v) is 4.07. The largest absolute Gasteiger partial charge is 0.338 e. The number of anilines is 2. The maximum atomic E-state index is 13.5. The van der Waals surface area contributed by atoms with Crippen molar-refractivity contribution in [3.63, 3.8) is 0 Å². The van der Waals surface area contributed by atoms with E-state index in [9.17, 15) is 9.18 Å². The Morgan fingerprint density at radius 2 is 1.53 bits per heavy atom. The number of benzene rings is 3. The standard InChI is InChI=1S/C25H20FN3O/c26-19-11-13-21(14-12-19)29-22-15-18(17-7-3-1-4-8-17)16-23(30)24(22)25(28-29)27-20-9-5-2-6-10-20/h1-14,18H,15-16H2,(H,27,28). The SMILES string of the molecule is O=C1CC(c2ccccc2)Cc2c1c(Nc1ccccc1)nn2-c1ccc(F)cc1. The van der Waals surface area contributed by atoms with Crippen molar-refractivity contribution in [1.29, 1.82) is 0 Å². The molecule has 30 heavy (non-hydrogen) atoms. The lowest BCUT2D eigenvalue weighted by molar-refractivity contribution is 0.0964. The van der Waals surface area contributed by atoms with Gasteiger partial charge in [-0.3, -0.25) is 4.79 Å². The smallest absolute Gasteiger partial charge is 0.169 e. The average molecular weight is 397 g/mol. The first-order chi connectivity index (χ1) is 14.7. The van der Waals surface area contributed by atoms with E-state index in [2.05, 4.69) is 17.4 Å². The molecule has 148 valence electrons. The van der Waals surface area contributed by atoms with E-state index < -0.39 is 0 Å². The first-order valence-electron chi connectivity index (χ1n) is 9.97. The number of ketones is 1. The first kappa shape index (κ1) is 18.3. The minimum Gasteiger partial charge on any atom is -0.338 e. The number of hydrogen-bond acceptors (Lipinski definition) is 3. The number of carbonyl (C=O) groups is 1. The molecular weight excluding hydrogens is 377 g/mol. The summed E-state index contributed by atoms with van der Waals surface area (Å²) in [6, 6.07) is 25.9. The number of fused-ring (bicyclic) bond motifs is 1. The molecule has 1 aliphatic rings. The quantitative estimate of drug-likeness (QED) is 0.483. The van der Waals surface area contributed by atoms with Crippen LogP contribution in [0.4, 0.5) is 15.9 Å². The molecule has 0 bridgehead atoms. The molecule has 0 aliphatic heterocycles. The Balaban J connectivity index is 1.61. The number of halogens is 1. The second-order valence-electron chi connectivity index (χ2n) is 7.49. The molecule has 3 aromatic carbocycles. The molecule has 1 unspecified atom stereocenters.